The van der Waals surface area contributed by atoms with Gasteiger partial charge >= 0.3 is 0 Å². The Labute approximate surface area is 178 Å². The Morgan fingerprint density at radius 1 is 1.17 bits per heavy atom. The highest BCUT2D eigenvalue weighted by Crippen LogP contribution is 2.48. The Hall–Kier alpha value is -3.12. The zero-order chi connectivity index (χ0) is 21.1. The number of phenolic OH excluding ortho intramolecular Hbond substituents is 1. The molecule has 0 aliphatic heterocycles. The third-order valence-corrected chi connectivity index (χ3v) is 6.75. The highest BCUT2D eigenvalue weighted by atomic mass is 16.3. The number of phenols is 1. The van der Waals surface area contributed by atoms with E-state index in [1.54, 1.807) is 18.2 Å². The first kappa shape index (κ1) is 20.2. The van der Waals surface area contributed by atoms with Gasteiger partial charge in [0, 0.05) is 6.42 Å². The van der Waals surface area contributed by atoms with Gasteiger partial charge in [-0.05, 0) is 102 Å². The number of carbonyl (C=O) groups is 1. The van der Waals surface area contributed by atoms with Crippen molar-refractivity contribution < 1.29 is 9.90 Å². The maximum Gasteiger partial charge on any atom is 0.159 e. The van der Waals surface area contributed by atoms with Crippen LogP contribution in [0.3, 0.4) is 0 Å². The predicted octanol–water partition coefficient (Wildman–Crippen LogP) is 5.94. The number of aryl methyl sites for hydroxylation is 1. The van der Waals surface area contributed by atoms with Crippen LogP contribution in [0.15, 0.2) is 60.7 Å². The number of fused-ring (bicyclic) bond motifs is 1. The van der Waals surface area contributed by atoms with Gasteiger partial charge in [0.25, 0.3) is 0 Å². The van der Waals surface area contributed by atoms with Crippen LogP contribution in [0, 0.1) is 23.2 Å². The summed E-state index contributed by atoms with van der Waals surface area (Å²) in [5.41, 5.74) is 5.10. The first-order valence-corrected chi connectivity index (χ1v) is 10.8. The molecule has 1 N–H and O–H groups in total. The lowest BCUT2D eigenvalue weighted by Gasteiger charge is -2.37. The zero-order valence-corrected chi connectivity index (χ0v) is 17.2. The number of aromatic hydroxyl groups is 1. The van der Waals surface area contributed by atoms with Gasteiger partial charge in [0.05, 0.1) is 11.6 Å². The quantitative estimate of drug-likeness (QED) is 0.502. The van der Waals surface area contributed by atoms with E-state index in [2.05, 4.69) is 18.7 Å². The summed E-state index contributed by atoms with van der Waals surface area (Å²) in [5.74, 6) is 1.82. The van der Waals surface area contributed by atoms with Crippen LogP contribution in [0.5, 0.6) is 5.75 Å². The number of ketones is 1. The minimum atomic E-state index is 0.253. The number of hydrogen-bond donors (Lipinski definition) is 1. The number of nitriles is 1. The van der Waals surface area contributed by atoms with Crippen LogP contribution in [0.25, 0.3) is 6.08 Å². The Balaban J connectivity index is 1.57. The number of carbonyl (C=O) groups excluding carboxylic acids is 1. The van der Waals surface area contributed by atoms with Gasteiger partial charge in [0.15, 0.2) is 5.78 Å². The van der Waals surface area contributed by atoms with Gasteiger partial charge in [-0.3, -0.25) is 4.79 Å². The van der Waals surface area contributed by atoms with E-state index >= 15 is 0 Å². The predicted molar refractivity (Wildman–Crippen MR) is 119 cm³/mol. The van der Waals surface area contributed by atoms with E-state index in [1.807, 2.05) is 30.4 Å². The molecule has 152 valence electrons. The second-order valence-electron chi connectivity index (χ2n) is 8.55. The fraction of sp³-hybridized carbons (Fsp3) is 0.333. The van der Waals surface area contributed by atoms with Crippen molar-refractivity contribution in [1.29, 1.82) is 5.26 Å². The Bertz CT molecular complexity index is 1030. The Kier molecular flexibility index (Phi) is 5.86. The van der Waals surface area contributed by atoms with Crippen molar-refractivity contribution in [2.24, 2.45) is 11.8 Å². The van der Waals surface area contributed by atoms with Crippen molar-refractivity contribution >= 4 is 11.9 Å². The molecule has 3 atom stereocenters. The molecule has 30 heavy (non-hydrogen) atoms. The van der Waals surface area contributed by atoms with Crippen LogP contribution >= 0.6 is 0 Å². The highest BCUT2D eigenvalue weighted by Gasteiger charge is 2.39. The lowest BCUT2D eigenvalue weighted by Crippen LogP contribution is -2.26. The topological polar surface area (TPSA) is 61.1 Å². The summed E-state index contributed by atoms with van der Waals surface area (Å²) in [6, 6.07) is 15.3. The molecule has 3 heteroatoms. The van der Waals surface area contributed by atoms with E-state index in [0.29, 0.717) is 35.5 Å². The number of hydrogen-bond acceptors (Lipinski definition) is 3. The number of rotatable bonds is 5. The van der Waals surface area contributed by atoms with Crippen LogP contribution in [-0.4, -0.2) is 10.9 Å². The molecule has 4 rings (SSSR count). The van der Waals surface area contributed by atoms with Crippen molar-refractivity contribution in [1.82, 2.24) is 0 Å². The van der Waals surface area contributed by atoms with Crippen molar-refractivity contribution in [2.45, 2.75) is 44.4 Å². The smallest absolute Gasteiger partial charge is 0.159 e. The van der Waals surface area contributed by atoms with Gasteiger partial charge in [-0.1, -0.05) is 24.3 Å². The molecular formula is C27H27NO2. The summed E-state index contributed by atoms with van der Waals surface area (Å²) < 4.78 is 0. The second kappa shape index (κ2) is 8.71. The summed E-state index contributed by atoms with van der Waals surface area (Å²) >= 11 is 0. The third-order valence-electron chi connectivity index (χ3n) is 6.75. The molecule has 0 saturated heterocycles. The number of benzene rings is 2. The van der Waals surface area contributed by atoms with E-state index in [-0.39, 0.29) is 5.78 Å². The van der Waals surface area contributed by atoms with Gasteiger partial charge in [-0.25, -0.2) is 0 Å². The summed E-state index contributed by atoms with van der Waals surface area (Å²) in [5, 5.41) is 18.8. The Morgan fingerprint density at radius 3 is 2.70 bits per heavy atom. The highest BCUT2D eigenvalue weighted by molar-refractivity contribution is 6.01. The molecule has 2 aliphatic rings. The summed E-state index contributed by atoms with van der Waals surface area (Å²) in [7, 11) is 0. The molecule has 2 aliphatic carbocycles. The van der Waals surface area contributed by atoms with Crippen molar-refractivity contribution in [3.8, 4) is 11.8 Å². The van der Waals surface area contributed by atoms with E-state index in [9.17, 15) is 9.90 Å². The maximum absolute atomic E-state index is 12.8. The van der Waals surface area contributed by atoms with Crippen LogP contribution in [0.1, 0.15) is 60.3 Å². The first-order valence-electron chi connectivity index (χ1n) is 10.8. The molecule has 3 unspecified atom stereocenters. The molecule has 0 aromatic heterocycles. The first-order chi connectivity index (χ1) is 14.6. The van der Waals surface area contributed by atoms with Crippen LogP contribution in [0.4, 0.5) is 0 Å². The Morgan fingerprint density at radius 2 is 1.97 bits per heavy atom. The fourth-order valence-corrected chi connectivity index (χ4v) is 5.29. The normalized spacial score (nSPS) is 24.4. The lowest BCUT2D eigenvalue weighted by atomic mass is 9.67. The minimum Gasteiger partial charge on any atom is -0.508 e. The van der Waals surface area contributed by atoms with Crippen LogP contribution in [-0.2, 0) is 11.2 Å². The molecule has 1 fully saturated rings. The molecule has 0 bridgehead atoms. The van der Waals surface area contributed by atoms with Crippen molar-refractivity contribution in [2.75, 3.05) is 0 Å². The summed E-state index contributed by atoms with van der Waals surface area (Å²) in [6.07, 6.45) is 9.41. The molecular weight excluding hydrogens is 370 g/mol. The fourth-order valence-electron chi connectivity index (χ4n) is 5.29. The molecule has 0 radical (unpaired) electrons. The standard InChI is InChI=1S/C27H27NO2/c1-2-3-4-26-24-12-10-23(29)15-20(24)9-11-25(26)21-14-22(27(30)16-21)13-18-5-7-19(17-28)8-6-18/h2,5-8,10,12-13,15,21,25-26,29H,1,3-4,9,11,14,16H2/b22-13+. The number of nitrogens with zero attached hydrogens (tertiary/aromatic N) is 1. The summed E-state index contributed by atoms with van der Waals surface area (Å²) in [6.45, 7) is 3.90. The molecule has 0 heterocycles. The summed E-state index contributed by atoms with van der Waals surface area (Å²) in [4.78, 5) is 12.8. The second-order valence-corrected chi connectivity index (χ2v) is 8.55. The van der Waals surface area contributed by atoms with E-state index in [1.165, 1.54) is 11.1 Å². The average molecular weight is 398 g/mol. The largest absolute Gasteiger partial charge is 0.508 e. The third kappa shape index (κ3) is 4.09. The van der Waals surface area contributed by atoms with Gasteiger partial charge in [0.1, 0.15) is 5.75 Å². The SMILES string of the molecule is C=CCCC1c2ccc(O)cc2CCC1C1CC(=O)/C(=C/c2ccc(C#N)cc2)C1. The van der Waals surface area contributed by atoms with Crippen molar-refractivity contribution in [3.63, 3.8) is 0 Å². The van der Waals surface area contributed by atoms with E-state index in [0.717, 1.165) is 43.2 Å². The minimum absolute atomic E-state index is 0.253. The van der Waals surface area contributed by atoms with Crippen LogP contribution < -0.4 is 0 Å². The molecule has 0 amide bonds. The molecule has 0 spiro atoms. The number of Topliss-reactive ketones (excluding diaryl/α,β-unsaturated/α-hetero) is 1. The van der Waals surface area contributed by atoms with Gasteiger partial charge < -0.3 is 5.11 Å². The van der Waals surface area contributed by atoms with E-state index in [4.69, 9.17) is 5.26 Å². The molecule has 3 nitrogen and oxygen atoms in total. The monoisotopic (exact) mass is 397 g/mol. The van der Waals surface area contributed by atoms with Gasteiger partial charge in [0.2, 0.25) is 0 Å². The number of allylic oxidation sites excluding steroid dienone is 2. The van der Waals surface area contributed by atoms with Gasteiger partial charge in [-0.2, -0.15) is 5.26 Å². The van der Waals surface area contributed by atoms with Gasteiger partial charge in [-0.15, -0.1) is 6.58 Å². The van der Waals surface area contributed by atoms with E-state index < -0.39 is 0 Å². The lowest BCUT2D eigenvalue weighted by molar-refractivity contribution is -0.115. The zero-order valence-electron chi connectivity index (χ0n) is 17.2. The van der Waals surface area contributed by atoms with Crippen LogP contribution in [0.2, 0.25) is 0 Å². The molecule has 1 saturated carbocycles. The molecule has 2 aromatic rings. The average Bonchev–Trinajstić information content (AvgIpc) is 3.12. The molecule has 2 aromatic carbocycles. The maximum atomic E-state index is 12.8. The van der Waals surface area contributed by atoms with Crippen molar-refractivity contribution in [3.05, 3.63) is 82.9 Å².